The van der Waals surface area contributed by atoms with E-state index in [9.17, 15) is 5.11 Å². The molecule has 1 aromatic rings. The molecule has 8 nitrogen and oxygen atoms in total. The van der Waals surface area contributed by atoms with Gasteiger partial charge in [-0.3, -0.25) is 4.99 Å². The van der Waals surface area contributed by atoms with Gasteiger partial charge in [-0.15, -0.1) is 0 Å². The third-order valence-electron chi connectivity index (χ3n) is 3.47. The molecule has 102 valence electrons. The maximum Gasteiger partial charge on any atom is 0.222 e. The van der Waals surface area contributed by atoms with Crippen molar-refractivity contribution in [3.63, 3.8) is 0 Å². The summed E-state index contributed by atoms with van der Waals surface area (Å²) in [5.74, 6) is 0.0938. The largest absolute Gasteiger partial charge is 0.394 e. The van der Waals surface area contributed by atoms with Crippen molar-refractivity contribution in [1.82, 2.24) is 9.97 Å². The van der Waals surface area contributed by atoms with E-state index < -0.39 is 12.2 Å². The van der Waals surface area contributed by atoms with Gasteiger partial charge in [-0.1, -0.05) is 0 Å². The maximum absolute atomic E-state index is 9.77. The summed E-state index contributed by atoms with van der Waals surface area (Å²) in [6.45, 7) is -0.220. The maximum atomic E-state index is 9.77. The fourth-order valence-corrected chi connectivity index (χ4v) is 2.53. The molecule has 0 bridgehead atoms. The number of ether oxygens (including phenoxy) is 1. The average Bonchev–Trinajstić information content (AvgIpc) is 2.92. The number of hydrogen-bond donors (Lipinski definition) is 4. The predicted molar refractivity (Wildman–Crippen MR) is 68.1 cm³/mol. The first-order valence-electron chi connectivity index (χ1n) is 6.01. The van der Waals surface area contributed by atoms with E-state index in [0.29, 0.717) is 17.8 Å². The molecule has 4 unspecified atom stereocenters. The minimum atomic E-state index is -0.691. The zero-order valence-corrected chi connectivity index (χ0v) is 10.1. The van der Waals surface area contributed by atoms with Crippen molar-refractivity contribution in [3.05, 3.63) is 5.69 Å². The van der Waals surface area contributed by atoms with Gasteiger partial charge in [0.25, 0.3) is 0 Å². The van der Waals surface area contributed by atoms with Crippen LogP contribution in [0.15, 0.2) is 4.99 Å². The summed E-state index contributed by atoms with van der Waals surface area (Å²) in [6, 6.07) is 0. The Labute approximate surface area is 109 Å². The van der Waals surface area contributed by atoms with Gasteiger partial charge in [0, 0.05) is 12.6 Å². The lowest BCUT2D eigenvalue weighted by Gasteiger charge is -2.17. The first kappa shape index (κ1) is 12.3. The molecule has 1 fully saturated rings. The van der Waals surface area contributed by atoms with Crippen molar-refractivity contribution in [1.29, 1.82) is 0 Å². The van der Waals surface area contributed by atoms with Crippen LogP contribution in [0.25, 0.3) is 0 Å². The zero-order valence-electron chi connectivity index (χ0n) is 10.1. The number of rotatable bonds is 2. The number of anilines is 2. The van der Waals surface area contributed by atoms with Gasteiger partial charge < -0.3 is 26.4 Å². The van der Waals surface area contributed by atoms with Crippen molar-refractivity contribution in [2.45, 2.75) is 30.7 Å². The monoisotopic (exact) mass is 265 g/mol. The Kier molecular flexibility index (Phi) is 2.85. The number of aliphatic hydroxyl groups is 2. The first-order valence-corrected chi connectivity index (χ1v) is 6.01. The molecule has 2 aliphatic heterocycles. The van der Waals surface area contributed by atoms with Crippen LogP contribution >= 0.6 is 0 Å². The molecule has 0 aromatic carbocycles. The Hall–Kier alpha value is -1.77. The van der Waals surface area contributed by atoms with Crippen LogP contribution in [0.4, 0.5) is 17.5 Å². The molecule has 1 aromatic heterocycles. The molecule has 3 heterocycles. The van der Waals surface area contributed by atoms with Gasteiger partial charge in [0.05, 0.1) is 30.4 Å². The van der Waals surface area contributed by atoms with Crippen LogP contribution in [0.3, 0.4) is 0 Å². The van der Waals surface area contributed by atoms with Crippen LogP contribution in [-0.2, 0) is 4.74 Å². The molecule has 0 radical (unpaired) electrons. The Bertz CT molecular complexity index is 535. The quantitative estimate of drug-likeness (QED) is 0.535. The molecule has 4 atom stereocenters. The molecule has 6 N–H and O–H groups in total. The smallest absolute Gasteiger partial charge is 0.222 e. The van der Waals surface area contributed by atoms with E-state index in [1.807, 2.05) is 0 Å². The van der Waals surface area contributed by atoms with E-state index >= 15 is 0 Å². The van der Waals surface area contributed by atoms with Crippen LogP contribution < -0.4 is 11.5 Å². The highest BCUT2D eigenvalue weighted by molar-refractivity contribution is 5.84. The van der Waals surface area contributed by atoms with E-state index in [-0.39, 0.29) is 30.4 Å². The Morgan fingerprint density at radius 2 is 2.16 bits per heavy atom. The second-order valence-corrected chi connectivity index (χ2v) is 4.70. The van der Waals surface area contributed by atoms with Crippen LogP contribution in [-0.4, -0.2) is 51.3 Å². The van der Waals surface area contributed by atoms with Gasteiger partial charge in [0.15, 0.2) is 5.82 Å². The highest BCUT2D eigenvalue weighted by Crippen LogP contribution is 2.40. The minimum absolute atomic E-state index is 0.0870. The molecule has 19 heavy (non-hydrogen) atoms. The number of fused-ring (bicyclic) bond motifs is 1. The van der Waals surface area contributed by atoms with Gasteiger partial charge >= 0.3 is 0 Å². The van der Waals surface area contributed by atoms with Crippen LogP contribution in [0.2, 0.25) is 0 Å². The van der Waals surface area contributed by atoms with E-state index in [2.05, 4.69) is 15.0 Å². The van der Waals surface area contributed by atoms with Crippen molar-refractivity contribution < 1.29 is 14.9 Å². The second kappa shape index (κ2) is 4.41. The number of nitrogen functional groups attached to an aromatic ring is 2. The molecule has 3 rings (SSSR count). The van der Waals surface area contributed by atoms with Crippen molar-refractivity contribution in [2.24, 2.45) is 4.99 Å². The molecule has 0 amide bonds. The summed E-state index contributed by atoms with van der Waals surface area (Å²) >= 11 is 0. The number of aliphatic imine (C=N–C) groups is 1. The van der Waals surface area contributed by atoms with Gasteiger partial charge in [0.1, 0.15) is 11.8 Å². The van der Waals surface area contributed by atoms with E-state index in [1.165, 1.54) is 0 Å². The van der Waals surface area contributed by atoms with Crippen molar-refractivity contribution in [3.8, 4) is 0 Å². The Morgan fingerprint density at radius 3 is 2.84 bits per heavy atom. The molecular weight excluding hydrogens is 250 g/mol. The number of hydrogen-bond acceptors (Lipinski definition) is 8. The van der Waals surface area contributed by atoms with Crippen molar-refractivity contribution >= 4 is 23.7 Å². The fraction of sp³-hybridized carbons (Fsp3) is 0.545. The Balaban J connectivity index is 1.89. The van der Waals surface area contributed by atoms with Gasteiger partial charge in [-0.2, -0.15) is 4.98 Å². The lowest BCUT2D eigenvalue weighted by Crippen LogP contribution is -2.25. The first-order chi connectivity index (χ1) is 9.10. The lowest BCUT2D eigenvalue weighted by molar-refractivity contribution is -0.0234. The summed E-state index contributed by atoms with van der Waals surface area (Å²) in [7, 11) is 0. The molecule has 1 saturated heterocycles. The second-order valence-electron chi connectivity index (χ2n) is 4.70. The Morgan fingerprint density at radius 1 is 1.37 bits per heavy atom. The summed E-state index contributed by atoms with van der Waals surface area (Å²) in [5, 5.41) is 18.9. The number of nitrogens with two attached hydrogens (primary N) is 2. The minimum Gasteiger partial charge on any atom is -0.394 e. The number of aliphatic hydroxyl groups excluding tert-OH is 2. The topological polar surface area (TPSA) is 140 Å². The predicted octanol–water partition coefficient (Wildman–Crippen LogP) is -1.05. The van der Waals surface area contributed by atoms with Crippen LogP contribution in [0, 0.1) is 0 Å². The van der Waals surface area contributed by atoms with Crippen molar-refractivity contribution in [2.75, 3.05) is 18.1 Å². The normalized spacial score (nSPS) is 32.7. The summed E-state index contributed by atoms with van der Waals surface area (Å²) < 4.78 is 5.61. The summed E-state index contributed by atoms with van der Waals surface area (Å²) in [5.41, 5.74) is 12.4. The van der Waals surface area contributed by atoms with E-state index in [4.69, 9.17) is 21.3 Å². The zero-order chi connectivity index (χ0) is 13.6. The molecular formula is C11H15N5O3. The summed E-state index contributed by atoms with van der Waals surface area (Å²) in [6.07, 6.45) is 0.520. The SMILES string of the molecule is Nc1nc(N)c2c(n1)C(C1CC(O)C(CO)O1)C=N2. The molecule has 0 saturated carbocycles. The molecule has 8 heteroatoms. The highest BCUT2D eigenvalue weighted by Gasteiger charge is 2.41. The van der Waals surface area contributed by atoms with Crippen LogP contribution in [0.5, 0.6) is 0 Å². The third kappa shape index (κ3) is 1.93. The standard InChI is InChI=1S/C11H15N5O3/c12-10-9-8(15-11(13)16-10)4(2-14-9)6-1-5(18)7(3-17)19-6/h2,4-7,17-18H,1,3H2,(H4,12,13,15,16). The van der Waals surface area contributed by atoms with Gasteiger partial charge in [-0.05, 0) is 0 Å². The summed E-state index contributed by atoms with van der Waals surface area (Å²) in [4.78, 5) is 12.2. The highest BCUT2D eigenvalue weighted by atomic mass is 16.5. The third-order valence-corrected chi connectivity index (χ3v) is 3.47. The fourth-order valence-electron chi connectivity index (χ4n) is 2.53. The molecule has 0 spiro atoms. The molecule has 0 aliphatic carbocycles. The van der Waals surface area contributed by atoms with Gasteiger partial charge in [-0.25, -0.2) is 4.98 Å². The lowest BCUT2D eigenvalue weighted by atomic mass is 9.97. The average molecular weight is 265 g/mol. The number of aromatic nitrogens is 2. The van der Waals surface area contributed by atoms with E-state index in [0.717, 1.165) is 0 Å². The van der Waals surface area contributed by atoms with Crippen LogP contribution in [0.1, 0.15) is 18.0 Å². The van der Waals surface area contributed by atoms with E-state index in [1.54, 1.807) is 6.21 Å². The number of nitrogens with zero attached hydrogens (tertiary/aromatic N) is 3. The molecule has 2 aliphatic rings. The van der Waals surface area contributed by atoms with Gasteiger partial charge in [0.2, 0.25) is 5.95 Å².